The molecule has 0 aliphatic carbocycles. The summed E-state index contributed by atoms with van der Waals surface area (Å²) < 4.78 is 0. The van der Waals surface area contributed by atoms with Crippen LogP contribution in [0.1, 0.15) is 37.0 Å². The molecule has 2 rings (SSSR count). The van der Waals surface area contributed by atoms with Crippen LogP contribution in [0, 0.1) is 0 Å². The van der Waals surface area contributed by atoms with Crippen LogP contribution in [0.4, 0.5) is 5.69 Å². The highest BCUT2D eigenvalue weighted by atomic mass is 32.1. The third-order valence-electron chi connectivity index (χ3n) is 2.72. The van der Waals surface area contributed by atoms with Crippen molar-refractivity contribution in [2.24, 2.45) is 0 Å². The van der Waals surface area contributed by atoms with Crippen LogP contribution in [0.5, 0.6) is 0 Å². The van der Waals surface area contributed by atoms with Crippen LogP contribution >= 0.6 is 11.3 Å². The van der Waals surface area contributed by atoms with E-state index >= 15 is 0 Å². The van der Waals surface area contributed by atoms with Crippen molar-refractivity contribution in [2.45, 2.75) is 32.6 Å². The first-order valence-corrected chi connectivity index (χ1v) is 6.63. The summed E-state index contributed by atoms with van der Waals surface area (Å²) in [6.45, 7) is 6.55. The molecule has 0 saturated heterocycles. The summed E-state index contributed by atoms with van der Waals surface area (Å²) in [7, 11) is 0. The van der Waals surface area contributed by atoms with Crippen LogP contribution in [0.15, 0.2) is 29.6 Å². The molecule has 17 heavy (non-hydrogen) atoms. The van der Waals surface area contributed by atoms with Crippen LogP contribution < -0.4 is 5.73 Å². The van der Waals surface area contributed by atoms with Gasteiger partial charge in [0.05, 0.1) is 10.7 Å². The van der Waals surface area contributed by atoms with Gasteiger partial charge in [-0.3, -0.25) is 0 Å². The number of rotatable bonds is 2. The first-order valence-electron chi connectivity index (χ1n) is 5.75. The standard InChI is InChI=1S/C14H18N2S/c1-14(2,3)12-9-17-13(16-12)8-10-6-4-5-7-11(10)15/h4-7,9H,8,15H2,1-3H3. The first-order chi connectivity index (χ1) is 7.97. The van der Waals surface area contributed by atoms with Crippen LogP contribution in [-0.2, 0) is 11.8 Å². The Morgan fingerprint density at radius 2 is 1.94 bits per heavy atom. The predicted octanol–water partition coefficient (Wildman–Crippen LogP) is 3.61. The molecule has 0 amide bonds. The molecule has 0 fully saturated rings. The molecule has 2 nitrogen and oxygen atoms in total. The van der Waals surface area contributed by atoms with E-state index in [4.69, 9.17) is 5.73 Å². The molecular weight excluding hydrogens is 228 g/mol. The fourth-order valence-corrected chi connectivity index (χ4v) is 2.64. The third kappa shape index (κ3) is 2.86. The molecule has 2 N–H and O–H groups in total. The van der Waals surface area contributed by atoms with Gasteiger partial charge in [0, 0.05) is 22.9 Å². The molecule has 0 atom stereocenters. The lowest BCUT2D eigenvalue weighted by atomic mass is 9.93. The van der Waals surface area contributed by atoms with Crippen LogP contribution in [0.3, 0.4) is 0 Å². The van der Waals surface area contributed by atoms with Crippen LogP contribution in [0.25, 0.3) is 0 Å². The molecule has 0 unspecified atom stereocenters. The first kappa shape index (κ1) is 12.1. The van der Waals surface area contributed by atoms with E-state index in [9.17, 15) is 0 Å². The lowest BCUT2D eigenvalue weighted by Crippen LogP contribution is -2.11. The molecule has 1 aromatic heterocycles. The topological polar surface area (TPSA) is 38.9 Å². The number of nitrogen functional groups attached to an aromatic ring is 1. The molecule has 3 heteroatoms. The minimum absolute atomic E-state index is 0.122. The molecule has 1 aromatic carbocycles. The normalized spacial score (nSPS) is 11.7. The molecule has 0 spiro atoms. The largest absolute Gasteiger partial charge is 0.398 e. The maximum atomic E-state index is 5.94. The molecule has 90 valence electrons. The summed E-state index contributed by atoms with van der Waals surface area (Å²) in [4.78, 5) is 4.68. The van der Waals surface area contributed by atoms with E-state index in [1.165, 1.54) is 0 Å². The number of thiazole rings is 1. The van der Waals surface area contributed by atoms with Gasteiger partial charge < -0.3 is 5.73 Å². The highest BCUT2D eigenvalue weighted by molar-refractivity contribution is 7.09. The monoisotopic (exact) mass is 246 g/mol. The number of nitrogens with two attached hydrogens (primary N) is 1. The van der Waals surface area contributed by atoms with Gasteiger partial charge in [-0.15, -0.1) is 11.3 Å². The Morgan fingerprint density at radius 1 is 1.24 bits per heavy atom. The Kier molecular flexibility index (Phi) is 3.20. The quantitative estimate of drug-likeness (QED) is 0.822. The van der Waals surface area contributed by atoms with Gasteiger partial charge in [0.15, 0.2) is 0 Å². The number of benzene rings is 1. The Bertz CT molecular complexity index is 509. The highest BCUT2D eigenvalue weighted by Crippen LogP contribution is 2.26. The van der Waals surface area contributed by atoms with E-state index < -0.39 is 0 Å². The zero-order chi connectivity index (χ0) is 12.5. The Balaban J connectivity index is 2.21. The van der Waals surface area contributed by atoms with Gasteiger partial charge in [0.2, 0.25) is 0 Å². The zero-order valence-corrected chi connectivity index (χ0v) is 11.3. The minimum atomic E-state index is 0.122. The summed E-state index contributed by atoms with van der Waals surface area (Å²) in [5.41, 5.74) is 9.22. The molecule has 0 radical (unpaired) electrons. The number of hydrogen-bond donors (Lipinski definition) is 1. The van der Waals surface area contributed by atoms with Gasteiger partial charge in [-0.25, -0.2) is 4.98 Å². The number of hydrogen-bond acceptors (Lipinski definition) is 3. The van der Waals surface area contributed by atoms with E-state index in [1.807, 2.05) is 18.2 Å². The average Bonchev–Trinajstić information content (AvgIpc) is 2.69. The van der Waals surface area contributed by atoms with Crippen molar-refractivity contribution in [1.82, 2.24) is 4.98 Å². The molecule has 0 aliphatic heterocycles. The van der Waals surface area contributed by atoms with E-state index in [1.54, 1.807) is 11.3 Å². The molecule has 2 aromatic rings. The Morgan fingerprint density at radius 3 is 2.53 bits per heavy atom. The summed E-state index contributed by atoms with van der Waals surface area (Å²) in [5.74, 6) is 0. The second-order valence-electron chi connectivity index (χ2n) is 5.25. The average molecular weight is 246 g/mol. The van der Waals surface area contributed by atoms with Gasteiger partial charge >= 0.3 is 0 Å². The molecule has 0 saturated carbocycles. The van der Waals surface area contributed by atoms with Crippen molar-refractivity contribution in [2.75, 3.05) is 5.73 Å². The van der Waals surface area contributed by atoms with E-state index in [2.05, 4.69) is 37.2 Å². The van der Waals surface area contributed by atoms with Crippen LogP contribution in [-0.4, -0.2) is 4.98 Å². The lowest BCUT2D eigenvalue weighted by molar-refractivity contribution is 0.571. The number of nitrogens with zero attached hydrogens (tertiary/aromatic N) is 1. The Labute approximate surface area is 107 Å². The minimum Gasteiger partial charge on any atom is -0.398 e. The van der Waals surface area contributed by atoms with Crippen molar-refractivity contribution in [3.05, 3.63) is 45.9 Å². The highest BCUT2D eigenvalue weighted by Gasteiger charge is 2.17. The number of anilines is 1. The summed E-state index contributed by atoms with van der Waals surface area (Å²) in [5, 5.41) is 3.28. The van der Waals surface area contributed by atoms with Gasteiger partial charge in [-0.05, 0) is 11.6 Å². The van der Waals surface area contributed by atoms with Gasteiger partial charge in [-0.2, -0.15) is 0 Å². The SMILES string of the molecule is CC(C)(C)c1csc(Cc2ccccc2N)n1. The van der Waals surface area contributed by atoms with Crippen molar-refractivity contribution < 1.29 is 0 Å². The summed E-state index contributed by atoms with van der Waals surface area (Å²) >= 11 is 1.71. The smallest absolute Gasteiger partial charge is 0.0973 e. The number of aromatic nitrogens is 1. The van der Waals surface area contributed by atoms with Gasteiger partial charge in [0.25, 0.3) is 0 Å². The molecule has 0 bridgehead atoms. The lowest BCUT2D eigenvalue weighted by Gasteiger charge is -2.14. The van der Waals surface area contributed by atoms with Crippen molar-refractivity contribution in [3.8, 4) is 0 Å². The fourth-order valence-electron chi connectivity index (χ4n) is 1.59. The second-order valence-corrected chi connectivity index (χ2v) is 6.19. The summed E-state index contributed by atoms with van der Waals surface area (Å²) in [6, 6.07) is 7.98. The van der Waals surface area contributed by atoms with Gasteiger partial charge in [-0.1, -0.05) is 39.0 Å². The van der Waals surface area contributed by atoms with E-state index in [0.29, 0.717) is 0 Å². The van der Waals surface area contributed by atoms with Crippen LogP contribution in [0.2, 0.25) is 0 Å². The van der Waals surface area contributed by atoms with Crippen molar-refractivity contribution in [3.63, 3.8) is 0 Å². The zero-order valence-electron chi connectivity index (χ0n) is 10.5. The van der Waals surface area contributed by atoms with Gasteiger partial charge in [0.1, 0.15) is 0 Å². The maximum Gasteiger partial charge on any atom is 0.0973 e. The van der Waals surface area contributed by atoms with Crippen molar-refractivity contribution >= 4 is 17.0 Å². The predicted molar refractivity (Wildman–Crippen MR) is 74.5 cm³/mol. The maximum absolute atomic E-state index is 5.94. The van der Waals surface area contributed by atoms with Crippen molar-refractivity contribution in [1.29, 1.82) is 0 Å². The molecule has 1 heterocycles. The van der Waals surface area contributed by atoms with E-state index in [0.717, 1.165) is 28.4 Å². The second kappa shape index (κ2) is 4.49. The number of para-hydroxylation sites is 1. The fraction of sp³-hybridized carbons (Fsp3) is 0.357. The molecule has 0 aliphatic rings. The Hall–Kier alpha value is -1.35. The summed E-state index contributed by atoms with van der Waals surface area (Å²) in [6.07, 6.45) is 0.827. The third-order valence-corrected chi connectivity index (χ3v) is 3.57. The van der Waals surface area contributed by atoms with E-state index in [-0.39, 0.29) is 5.41 Å². The molecular formula is C14H18N2S.